The first-order valence-electron chi connectivity index (χ1n) is 5.48. The van der Waals surface area contributed by atoms with Crippen LogP contribution in [0.2, 0.25) is 0 Å². The molecule has 0 aromatic carbocycles. The van der Waals surface area contributed by atoms with Crippen LogP contribution in [0.25, 0.3) is 0 Å². The van der Waals surface area contributed by atoms with Crippen molar-refractivity contribution in [1.29, 1.82) is 5.26 Å². The number of alkyl halides is 3. The van der Waals surface area contributed by atoms with Gasteiger partial charge < -0.3 is 5.11 Å². The first-order valence-corrected chi connectivity index (χ1v) is 5.48. The van der Waals surface area contributed by atoms with E-state index in [9.17, 15) is 13.2 Å². The zero-order chi connectivity index (χ0) is 13.6. The van der Waals surface area contributed by atoms with Crippen LogP contribution < -0.4 is 0 Å². The largest absolute Gasteiger partial charge is 0.434 e. The monoisotopic (exact) mass is 262 g/mol. The van der Waals surface area contributed by atoms with Gasteiger partial charge in [-0.15, -0.1) is 5.10 Å². The highest BCUT2D eigenvalue weighted by Gasteiger charge is 2.38. The fraction of sp³-hybridized carbons (Fsp3) is 0.700. The molecule has 0 saturated heterocycles. The molecule has 5 nitrogen and oxygen atoms in total. The minimum Gasteiger partial charge on any atom is -0.396 e. The number of hydrogen-bond donors (Lipinski definition) is 1. The zero-order valence-corrected chi connectivity index (χ0v) is 9.61. The number of hydrogen-bond acceptors (Lipinski definition) is 4. The lowest BCUT2D eigenvalue weighted by Gasteiger charge is -2.10. The van der Waals surface area contributed by atoms with Crippen LogP contribution in [0.15, 0.2) is 0 Å². The van der Waals surface area contributed by atoms with Crippen molar-refractivity contribution in [2.45, 2.75) is 38.4 Å². The lowest BCUT2D eigenvalue weighted by molar-refractivity contribution is -0.144. The molecule has 100 valence electrons. The average Bonchev–Trinajstić information content (AvgIpc) is 2.68. The summed E-state index contributed by atoms with van der Waals surface area (Å²) < 4.78 is 39.2. The molecule has 0 fully saturated rings. The Balaban J connectivity index is 2.82. The highest BCUT2D eigenvalue weighted by molar-refractivity contribution is 5.17. The molecule has 0 amide bonds. The third-order valence-electron chi connectivity index (χ3n) is 2.35. The van der Waals surface area contributed by atoms with Gasteiger partial charge in [-0.1, -0.05) is 5.21 Å². The van der Waals surface area contributed by atoms with E-state index in [2.05, 4.69) is 10.3 Å². The van der Waals surface area contributed by atoms with E-state index in [1.54, 1.807) is 6.07 Å². The standard InChI is InChI=1S/C10H13F3N4O/c11-10(12,13)9-8(4-5-14)15-16-17(9)6-2-1-3-7-18/h18H,1-4,6-7H2. The molecule has 0 atom stereocenters. The van der Waals surface area contributed by atoms with Crippen LogP contribution >= 0.6 is 0 Å². The molecule has 0 aliphatic heterocycles. The molecular weight excluding hydrogens is 249 g/mol. The first-order chi connectivity index (χ1) is 8.50. The van der Waals surface area contributed by atoms with Gasteiger partial charge in [-0.3, -0.25) is 0 Å². The highest BCUT2D eigenvalue weighted by atomic mass is 19.4. The topological polar surface area (TPSA) is 74.7 Å². The van der Waals surface area contributed by atoms with Crippen LogP contribution in [-0.4, -0.2) is 26.7 Å². The molecule has 0 aliphatic carbocycles. The number of rotatable bonds is 6. The number of unbranched alkanes of at least 4 members (excludes halogenated alkanes) is 2. The molecule has 1 aromatic heterocycles. The molecule has 0 unspecified atom stereocenters. The van der Waals surface area contributed by atoms with Gasteiger partial charge in [0.15, 0.2) is 5.69 Å². The number of nitriles is 1. The second-order valence-corrected chi connectivity index (χ2v) is 3.72. The van der Waals surface area contributed by atoms with Crippen LogP contribution in [0.5, 0.6) is 0 Å². The Hall–Kier alpha value is -1.62. The Morgan fingerprint density at radius 1 is 1.28 bits per heavy atom. The fourth-order valence-corrected chi connectivity index (χ4v) is 1.56. The van der Waals surface area contributed by atoms with E-state index >= 15 is 0 Å². The van der Waals surface area contributed by atoms with Gasteiger partial charge in [0.2, 0.25) is 0 Å². The number of nitrogens with zero attached hydrogens (tertiary/aromatic N) is 4. The molecule has 0 aliphatic rings. The summed E-state index contributed by atoms with van der Waals surface area (Å²) in [6, 6.07) is 1.64. The van der Waals surface area contributed by atoms with E-state index in [4.69, 9.17) is 10.4 Å². The second-order valence-electron chi connectivity index (χ2n) is 3.72. The quantitative estimate of drug-likeness (QED) is 0.789. The van der Waals surface area contributed by atoms with E-state index in [1.807, 2.05) is 0 Å². The predicted octanol–water partition coefficient (Wildman–Crippen LogP) is 1.53. The second kappa shape index (κ2) is 6.35. The summed E-state index contributed by atoms with van der Waals surface area (Å²) >= 11 is 0. The fourth-order valence-electron chi connectivity index (χ4n) is 1.56. The Kier molecular flexibility index (Phi) is 5.09. The maximum atomic E-state index is 12.8. The van der Waals surface area contributed by atoms with Gasteiger partial charge >= 0.3 is 6.18 Å². The SMILES string of the molecule is N#CCc1nnn(CCCCCO)c1C(F)(F)F. The van der Waals surface area contributed by atoms with Crippen molar-refractivity contribution in [3.63, 3.8) is 0 Å². The van der Waals surface area contributed by atoms with Crippen LogP contribution in [-0.2, 0) is 19.1 Å². The van der Waals surface area contributed by atoms with Crippen LogP contribution in [0.1, 0.15) is 30.7 Å². The smallest absolute Gasteiger partial charge is 0.396 e. The molecule has 18 heavy (non-hydrogen) atoms. The van der Waals surface area contributed by atoms with Gasteiger partial charge in [-0.05, 0) is 19.3 Å². The number of halogens is 3. The van der Waals surface area contributed by atoms with E-state index in [0.29, 0.717) is 19.3 Å². The Morgan fingerprint density at radius 2 is 2.00 bits per heavy atom. The molecule has 0 radical (unpaired) electrons. The van der Waals surface area contributed by atoms with Gasteiger partial charge in [0.1, 0.15) is 5.69 Å². The zero-order valence-electron chi connectivity index (χ0n) is 9.61. The molecule has 0 bridgehead atoms. The van der Waals surface area contributed by atoms with Gasteiger partial charge in [0.05, 0.1) is 12.5 Å². The number of aromatic nitrogens is 3. The summed E-state index contributed by atoms with van der Waals surface area (Å²) in [4.78, 5) is 0. The van der Waals surface area contributed by atoms with E-state index < -0.39 is 18.3 Å². The molecular formula is C10H13F3N4O. The minimum atomic E-state index is -4.56. The molecule has 1 rings (SSSR count). The van der Waals surface area contributed by atoms with Crippen LogP contribution in [0, 0.1) is 11.3 Å². The summed E-state index contributed by atoms with van der Waals surface area (Å²) in [5.41, 5.74) is -1.29. The van der Waals surface area contributed by atoms with E-state index in [-0.39, 0.29) is 18.8 Å². The summed E-state index contributed by atoms with van der Waals surface area (Å²) in [6.45, 7) is 0.0937. The van der Waals surface area contributed by atoms with Crippen molar-refractivity contribution in [3.8, 4) is 6.07 Å². The summed E-state index contributed by atoms with van der Waals surface area (Å²) in [6.07, 6.45) is -3.35. The summed E-state index contributed by atoms with van der Waals surface area (Å²) in [5, 5.41) is 23.8. The van der Waals surface area contributed by atoms with Crippen molar-refractivity contribution in [2.75, 3.05) is 6.61 Å². The summed E-state index contributed by atoms with van der Waals surface area (Å²) in [5.74, 6) is 0. The van der Waals surface area contributed by atoms with Crippen LogP contribution in [0.4, 0.5) is 13.2 Å². The van der Waals surface area contributed by atoms with Crippen molar-refractivity contribution in [1.82, 2.24) is 15.0 Å². The normalized spacial score (nSPS) is 11.5. The van der Waals surface area contributed by atoms with E-state index in [0.717, 1.165) is 4.68 Å². The predicted molar refractivity (Wildman–Crippen MR) is 55.3 cm³/mol. The highest BCUT2D eigenvalue weighted by Crippen LogP contribution is 2.31. The Labute approximate surface area is 102 Å². The van der Waals surface area contributed by atoms with Gasteiger partial charge in [0.25, 0.3) is 0 Å². The molecule has 1 aromatic rings. The molecule has 0 saturated carbocycles. The average molecular weight is 262 g/mol. The van der Waals surface area contributed by atoms with Crippen molar-refractivity contribution in [2.24, 2.45) is 0 Å². The van der Waals surface area contributed by atoms with Crippen LogP contribution in [0.3, 0.4) is 0 Å². The molecule has 0 spiro atoms. The van der Waals surface area contributed by atoms with Gasteiger partial charge in [0, 0.05) is 13.2 Å². The maximum Gasteiger partial charge on any atom is 0.434 e. The molecule has 8 heteroatoms. The van der Waals surface area contributed by atoms with Crippen molar-refractivity contribution >= 4 is 0 Å². The number of aliphatic hydroxyl groups excluding tert-OH is 1. The lowest BCUT2D eigenvalue weighted by Crippen LogP contribution is -2.16. The summed E-state index contributed by atoms with van der Waals surface area (Å²) in [7, 11) is 0. The van der Waals surface area contributed by atoms with Gasteiger partial charge in [-0.2, -0.15) is 18.4 Å². The number of aliphatic hydroxyl groups is 1. The Bertz CT molecular complexity index is 422. The van der Waals surface area contributed by atoms with Gasteiger partial charge in [-0.25, -0.2) is 4.68 Å². The first kappa shape index (κ1) is 14.4. The third-order valence-corrected chi connectivity index (χ3v) is 2.35. The third kappa shape index (κ3) is 3.70. The molecule has 1 heterocycles. The number of aryl methyl sites for hydroxylation is 1. The van der Waals surface area contributed by atoms with Crippen molar-refractivity contribution < 1.29 is 18.3 Å². The lowest BCUT2D eigenvalue weighted by atomic mass is 10.2. The minimum absolute atomic E-state index is 0.0170. The van der Waals surface area contributed by atoms with Crippen molar-refractivity contribution in [3.05, 3.63) is 11.4 Å². The molecule has 1 N–H and O–H groups in total. The van der Waals surface area contributed by atoms with E-state index in [1.165, 1.54) is 0 Å². The maximum absolute atomic E-state index is 12.8. The Morgan fingerprint density at radius 3 is 2.56 bits per heavy atom.